The fourth-order valence-corrected chi connectivity index (χ4v) is 7.15. The molecule has 0 radical (unpaired) electrons. The van der Waals surface area contributed by atoms with E-state index < -0.39 is 0 Å². The van der Waals surface area contributed by atoms with Gasteiger partial charge in [-0.3, -0.25) is 19.6 Å². The molecule has 0 aliphatic carbocycles. The molecule has 4 rings (SSSR count). The van der Waals surface area contributed by atoms with Crippen LogP contribution in [-0.2, 0) is 14.3 Å². The van der Waals surface area contributed by atoms with Crippen molar-refractivity contribution in [2.75, 3.05) is 17.6 Å². The van der Waals surface area contributed by atoms with Crippen LogP contribution in [-0.4, -0.2) is 35.2 Å². The molecular weight excluding hydrogens is 494 g/mol. The van der Waals surface area contributed by atoms with Gasteiger partial charge in [0.25, 0.3) is 5.91 Å². The molecule has 0 bridgehead atoms. The number of anilines is 1. The molecule has 2 heterocycles. The summed E-state index contributed by atoms with van der Waals surface area (Å²) in [4.78, 5) is 38.8. The zero-order valence-corrected chi connectivity index (χ0v) is 21.4. The van der Waals surface area contributed by atoms with Crippen molar-refractivity contribution < 1.29 is 19.6 Å². The van der Waals surface area contributed by atoms with Crippen molar-refractivity contribution in [3.05, 3.63) is 77.2 Å². The third-order valence-electron chi connectivity index (χ3n) is 6.08. The molecule has 1 aliphatic rings. The fourth-order valence-electron chi connectivity index (χ4n) is 4.26. The summed E-state index contributed by atoms with van der Waals surface area (Å²) in [5, 5.41) is 14.8. The molecule has 1 fully saturated rings. The van der Waals surface area contributed by atoms with Crippen LogP contribution >= 0.6 is 23.1 Å². The van der Waals surface area contributed by atoms with E-state index in [1.807, 2.05) is 36.4 Å². The van der Waals surface area contributed by atoms with Crippen LogP contribution in [0.1, 0.15) is 47.3 Å². The Balaban J connectivity index is 1.38. The second-order valence-corrected chi connectivity index (χ2v) is 11.2. The smallest absolute Gasteiger partial charge is 0.251 e. The molecule has 36 heavy (non-hydrogen) atoms. The van der Waals surface area contributed by atoms with Crippen molar-refractivity contribution in [1.29, 1.82) is 0 Å². The second-order valence-electron chi connectivity index (χ2n) is 8.68. The maximum atomic E-state index is 12.4. The van der Waals surface area contributed by atoms with Gasteiger partial charge in [0.2, 0.25) is 11.8 Å². The fraction of sp³-hybridized carbons (Fsp3) is 0.296. The maximum absolute atomic E-state index is 12.4. The van der Waals surface area contributed by atoms with Crippen molar-refractivity contribution in [1.82, 2.24) is 10.8 Å². The summed E-state index contributed by atoms with van der Waals surface area (Å²) in [6.45, 7) is 0.245. The first-order chi connectivity index (χ1) is 17.5. The van der Waals surface area contributed by atoms with Crippen molar-refractivity contribution in [2.24, 2.45) is 0 Å². The summed E-state index contributed by atoms with van der Waals surface area (Å²) in [5.74, 6) is 0.229. The lowest BCUT2D eigenvalue weighted by atomic mass is 9.94. The average molecular weight is 524 g/mol. The second kappa shape index (κ2) is 12.2. The molecule has 7 nitrogen and oxygen atoms in total. The average Bonchev–Trinajstić information content (AvgIpc) is 3.41. The molecule has 9 heteroatoms. The van der Waals surface area contributed by atoms with Gasteiger partial charge in [-0.05, 0) is 60.6 Å². The number of hydrogen-bond acceptors (Lipinski definition) is 6. The number of amides is 3. The molecular formula is C27H29N3O4S2. The lowest BCUT2D eigenvalue weighted by Gasteiger charge is -2.35. The third kappa shape index (κ3) is 6.54. The van der Waals surface area contributed by atoms with Gasteiger partial charge in [0.05, 0.1) is 4.75 Å². The highest BCUT2D eigenvalue weighted by Gasteiger charge is 2.38. The Kier molecular flexibility index (Phi) is 8.79. The number of carbonyl (C=O) groups is 3. The van der Waals surface area contributed by atoms with E-state index in [4.69, 9.17) is 5.21 Å². The predicted octanol–water partition coefficient (Wildman–Crippen LogP) is 5.18. The number of hydroxylamine groups is 1. The van der Waals surface area contributed by atoms with Crippen molar-refractivity contribution >= 4 is 46.5 Å². The highest BCUT2D eigenvalue weighted by molar-refractivity contribution is 8.00. The molecule has 188 valence electrons. The van der Waals surface area contributed by atoms with Crippen molar-refractivity contribution in [3.8, 4) is 10.4 Å². The third-order valence-corrected chi connectivity index (χ3v) is 9.17. The summed E-state index contributed by atoms with van der Waals surface area (Å²) in [5.41, 5.74) is 4.01. The quantitative estimate of drug-likeness (QED) is 0.228. The molecule has 3 aromatic rings. The zero-order chi connectivity index (χ0) is 25.4. The van der Waals surface area contributed by atoms with Gasteiger partial charge >= 0.3 is 0 Å². The number of thiophene rings is 1. The van der Waals surface area contributed by atoms with E-state index in [9.17, 15) is 14.4 Å². The number of hydrogen-bond donors (Lipinski definition) is 4. The molecule has 1 saturated heterocycles. The summed E-state index contributed by atoms with van der Waals surface area (Å²) < 4.78 is -0.329. The molecule has 2 aromatic carbocycles. The highest BCUT2D eigenvalue weighted by atomic mass is 32.2. The number of carbonyl (C=O) groups excluding carboxylic acids is 3. The Hall–Kier alpha value is -3.14. The topological polar surface area (TPSA) is 108 Å². The Morgan fingerprint density at radius 2 is 1.78 bits per heavy atom. The molecule has 4 N–H and O–H groups in total. The first kappa shape index (κ1) is 25.9. The SMILES string of the molecule is O=C(C[C@]1(c2ccc(-c3cccc(NC(=O)CCNC(=O)c4ccccc4)c3)s2)CCCCS1)NO. The minimum absolute atomic E-state index is 0.165. The molecule has 1 aromatic heterocycles. The molecule has 0 unspecified atom stereocenters. The minimum atomic E-state index is -0.371. The lowest BCUT2D eigenvalue weighted by Crippen LogP contribution is -2.32. The predicted molar refractivity (Wildman–Crippen MR) is 144 cm³/mol. The normalized spacial score (nSPS) is 17.2. The van der Waals surface area contributed by atoms with Gasteiger partial charge in [-0.1, -0.05) is 36.8 Å². The van der Waals surface area contributed by atoms with Crippen LogP contribution in [0.2, 0.25) is 0 Å². The number of benzene rings is 2. The molecule has 3 amide bonds. The van der Waals surface area contributed by atoms with Crippen LogP contribution in [0.5, 0.6) is 0 Å². The van der Waals surface area contributed by atoms with Gasteiger partial charge in [-0.2, -0.15) is 0 Å². The van der Waals surface area contributed by atoms with Crippen LogP contribution in [0.25, 0.3) is 10.4 Å². The highest BCUT2D eigenvalue weighted by Crippen LogP contribution is 2.50. The largest absolute Gasteiger partial charge is 0.352 e. The minimum Gasteiger partial charge on any atom is -0.352 e. The molecule has 0 spiro atoms. The van der Waals surface area contributed by atoms with Gasteiger partial charge in [-0.25, -0.2) is 5.48 Å². The van der Waals surface area contributed by atoms with Gasteiger partial charge in [0, 0.05) is 40.4 Å². The Bertz CT molecular complexity index is 1210. The van der Waals surface area contributed by atoms with Gasteiger partial charge in [0.15, 0.2) is 0 Å². The van der Waals surface area contributed by atoms with E-state index in [-0.39, 0.29) is 41.9 Å². The lowest BCUT2D eigenvalue weighted by molar-refractivity contribution is -0.129. The molecule has 0 saturated carbocycles. The van der Waals surface area contributed by atoms with E-state index in [0.717, 1.165) is 40.3 Å². The standard InChI is InChI=1S/C27H29N3O4S2/c31-24(13-15-28-26(33)19-7-2-1-3-8-19)29-21-10-6-9-20(17-21)22-11-12-23(36-22)27(18-25(32)30-34)14-4-5-16-35-27/h1-3,6-12,17,34H,4-5,13-16,18H2,(H,28,33)(H,29,31)(H,30,32)/t27-/m0/s1. The van der Waals surface area contributed by atoms with Crippen LogP contribution in [0.3, 0.4) is 0 Å². The number of nitrogens with one attached hydrogen (secondary N) is 3. The Morgan fingerprint density at radius 3 is 2.53 bits per heavy atom. The van der Waals surface area contributed by atoms with Gasteiger partial charge in [0.1, 0.15) is 0 Å². The monoisotopic (exact) mass is 523 g/mol. The Labute approximate surface area is 218 Å². The van der Waals surface area contributed by atoms with Crippen LogP contribution in [0.4, 0.5) is 5.69 Å². The van der Waals surface area contributed by atoms with E-state index in [1.165, 1.54) is 0 Å². The number of rotatable bonds is 9. The molecule has 1 aliphatic heterocycles. The van der Waals surface area contributed by atoms with E-state index >= 15 is 0 Å². The van der Waals surface area contributed by atoms with Crippen LogP contribution in [0.15, 0.2) is 66.7 Å². The summed E-state index contributed by atoms with van der Waals surface area (Å²) in [7, 11) is 0. The maximum Gasteiger partial charge on any atom is 0.251 e. The van der Waals surface area contributed by atoms with Crippen LogP contribution in [0, 0.1) is 0 Å². The first-order valence-electron chi connectivity index (χ1n) is 11.9. The van der Waals surface area contributed by atoms with E-state index in [2.05, 4.69) is 16.7 Å². The summed E-state index contributed by atoms with van der Waals surface area (Å²) in [6, 6.07) is 20.7. The van der Waals surface area contributed by atoms with Gasteiger partial charge in [-0.15, -0.1) is 23.1 Å². The van der Waals surface area contributed by atoms with E-state index in [1.54, 1.807) is 52.8 Å². The zero-order valence-electron chi connectivity index (χ0n) is 19.8. The molecule has 1 atom stereocenters. The van der Waals surface area contributed by atoms with Gasteiger partial charge < -0.3 is 10.6 Å². The van der Waals surface area contributed by atoms with E-state index in [0.29, 0.717) is 11.3 Å². The summed E-state index contributed by atoms with van der Waals surface area (Å²) in [6.07, 6.45) is 3.47. The van der Waals surface area contributed by atoms with Crippen molar-refractivity contribution in [2.45, 2.75) is 36.9 Å². The van der Waals surface area contributed by atoms with Crippen LogP contribution < -0.4 is 16.1 Å². The van der Waals surface area contributed by atoms with Crippen molar-refractivity contribution in [3.63, 3.8) is 0 Å². The number of thioether (sulfide) groups is 1. The summed E-state index contributed by atoms with van der Waals surface area (Å²) >= 11 is 3.43. The Morgan fingerprint density at radius 1 is 0.944 bits per heavy atom. The first-order valence-corrected chi connectivity index (χ1v) is 13.7.